The highest BCUT2D eigenvalue weighted by Gasteiger charge is 2.11. The Kier molecular flexibility index (Phi) is 2.69. The third-order valence-electron chi connectivity index (χ3n) is 1.42. The largest absolute Gasteiger partial charge is 0.477 e. The number of hydrogen-bond acceptors (Lipinski definition) is 3. The van der Waals surface area contributed by atoms with Crippen LogP contribution in [0.1, 0.15) is 27.8 Å². The van der Waals surface area contributed by atoms with E-state index in [1.54, 1.807) is 6.92 Å². The number of H-pyrrole nitrogens is 1. The van der Waals surface area contributed by atoms with E-state index in [0.717, 1.165) is 0 Å². The van der Waals surface area contributed by atoms with Crippen molar-refractivity contribution in [2.75, 3.05) is 6.61 Å². The Labute approximate surface area is 74.3 Å². The van der Waals surface area contributed by atoms with Gasteiger partial charge in [0.1, 0.15) is 5.69 Å². The summed E-state index contributed by atoms with van der Waals surface area (Å²) in [7, 11) is 0. The lowest BCUT2D eigenvalue weighted by atomic mass is 10.3. The van der Waals surface area contributed by atoms with Gasteiger partial charge in [-0.1, -0.05) is 0 Å². The van der Waals surface area contributed by atoms with Crippen molar-refractivity contribution in [3.8, 4) is 0 Å². The maximum atomic E-state index is 11.0. The van der Waals surface area contributed by atoms with E-state index in [1.807, 2.05) is 0 Å². The molecule has 1 heterocycles. The quantitative estimate of drug-likeness (QED) is 0.682. The number of ether oxygens (including phenoxy) is 1. The minimum Gasteiger partial charge on any atom is -0.477 e. The maximum absolute atomic E-state index is 11.0. The summed E-state index contributed by atoms with van der Waals surface area (Å²) in [5, 5.41) is 8.53. The fourth-order valence-electron chi connectivity index (χ4n) is 0.850. The van der Waals surface area contributed by atoms with Crippen molar-refractivity contribution >= 4 is 11.9 Å². The normalized spacial score (nSPS) is 9.62. The van der Waals surface area contributed by atoms with Crippen LogP contribution in [0.5, 0.6) is 0 Å². The molecule has 1 aromatic heterocycles. The summed E-state index contributed by atoms with van der Waals surface area (Å²) < 4.78 is 4.67. The number of hydrogen-bond donors (Lipinski definition) is 2. The van der Waals surface area contributed by atoms with Crippen LogP contribution in [0.3, 0.4) is 0 Å². The maximum Gasteiger partial charge on any atom is 0.352 e. The topological polar surface area (TPSA) is 79.4 Å². The fraction of sp³-hybridized carbons (Fsp3) is 0.250. The number of carbonyl (C=O) groups excluding carboxylic acids is 1. The number of rotatable bonds is 3. The Balaban J connectivity index is 2.79. The van der Waals surface area contributed by atoms with Crippen LogP contribution in [0.2, 0.25) is 0 Å². The molecule has 0 fully saturated rings. The first kappa shape index (κ1) is 9.31. The molecule has 0 aliphatic rings. The molecule has 0 amide bonds. The summed E-state index contributed by atoms with van der Waals surface area (Å²) in [4.78, 5) is 23.9. The van der Waals surface area contributed by atoms with Gasteiger partial charge in [0, 0.05) is 6.20 Å². The molecule has 0 saturated carbocycles. The highest BCUT2D eigenvalue weighted by molar-refractivity contribution is 5.93. The Bertz CT molecular complexity index is 329. The number of carboxylic acids is 1. The van der Waals surface area contributed by atoms with Crippen LogP contribution >= 0.6 is 0 Å². The Hall–Kier alpha value is -1.78. The van der Waals surface area contributed by atoms with Crippen LogP contribution in [-0.2, 0) is 4.74 Å². The molecule has 0 spiro atoms. The molecular formula is C8H9NO4. The first-order chi connectivity index (χ1) is 6.15. The molecule has 0 atom stereocenters. The SMILES string of the molecule is CCOC(=O)c1c[nH]c(C(=O)O)c1. The predicted molar refractivity (Wildman–Crippen MR) is 43.7 cm³/mol. The summed E-state index contributed by atoms with van der Waals surface area (Å²) in [5.41, 5.74) is 0.197. The van der Waals surface area contributed by atoms with E-state index in [2.05, 4.69) is 9.72 Å². The standard InChI is InChI=1S/C8H9NO4/c1-2-13-8(12)5-3-6(7(10)11)9-4-5/h3-4,9H,2H2,1H3,(H,10,11). The average Bonchev–Trinajstić information content (AvgIpc) is 2.52. The molecular weight excluding hydrogens is 174 g/mol. The fourth-order valence-corrected chi connectivity index (χ4v) is 0.850. The van der Waals surface area contributed by atoms with Gasteiger partial charge in [-0.05, 0) is 13.0 Å². The van der Waals surface area contributed by atoms with Crippen molar-refractivity contribution in [3.05, 3.63) is 23.5 Å². The van der Waals surface area contributed by atoms with Gasteiger partial charge >= 0.3 is 11.9 Å². The lowest BCUT2D eigenvalue weighted by Crippen LogP contribution is -2.03. The zero-order valence-corrected chi connectivity index (χ0v) is 7.03. The molecule has 5 heteroatoms. The lowest BCUT2D eigenvalue weighted by molar-refractivity contribution is 0.0526. The van der Waals surface area contributed by atoms with Gasteiger partial charge in [-0.25, -0.2) is 9.59 Å². The van der Waals surface area contributed by atoms with E-state index in [4.69, 9.17) is 5.11 Å². The second-order valence-corrected chi connectivity index (χ2v) is 2.33. The van der Waals surface area contributed by atoms with Crippen molar-refractivity contribution < 1.29 is 19.4 Å². The molecule has 0 aliphatic heterocycles. The highest BCUT2D eigenvalue weighted by Crippen LogP contribution is 2.04. The minimum absolute atomic E-state index is 0.0250. The van der Waals surface area contributed by atoms with Crippen LogP contribution in [0.25, 0.3) is 0 Å². The third kappa shape index (κ3) is 2.08. The van der Waals surface area contributed by atoms with E-state index in [-0.39, 0.29) is 17.9 Å². The van der Waals surface area contributed by atoms with Gasteiger partial charge < -0.3 is 14.8 Å². The zero-order chi connectivity index (χ0) is 9.84. The Morgan fingerprint density at radius 1 is 1.62 bits per heavy atom. The summed E-state index contributed by atoms with van der Waals surface area (Å²) >= 11 is 0. The van der Waals surface area contributed by atoms with Gasteiger partial charge in [0.05, 0.1) is 12.2 Å². The smallest absolute Gasteiger partial charge is 0.352 e. The van der Waals surface area contributed by atoms with Gasteiger partial charge in [0.15, 0.2) is 0 Å². The molecule has 2 N–H and O–H groups in total. The number of aromatic carboxylic acids is 1. The number of aromatic amines is 1. The Morgan fingerprint density at radius 3 is 2.77 bits per heavy atom. The van der Waals surface area contributed by atoms with Gasteiger partial charge in [0.25, 0.3) is 0 Å². The van der Waals surface area contributed by atoms with Crippen LogP contribution in [-0.4, -0.2) is 28.6 Å². The summed E-state index contributed by atoms with van der Waals surface area (Å²) in [6.45, 7) is 1.95. The first-order valence-corrected chi connectivity index (χ1v) is 3.74. The molecule has 1 rings (SSSR count). The summed E-state index contributed by atoms with van der Waals surface area (Å²) in [5.74, 6) is -1.62. The molecule has 0 saturated heterocycles. The van der Waals surface area contributed by atoms with Crippen molar-refractivity contribution in [1.82, 2.24) is 4.98 Å². The van der Waals surface area contributed by atoms with Crippen molar-refractivity contribution in [2.24, 2.45) is 0 Å². The highest BCUT2D eigenvalue weighted by atomic mass is 16.5. The van der Waals surface area contributed by atoms with Crippen molar-refractivity contribution in [2.45, 2.75) is 6.92 Å². The van der Waals surface area contributed by atoms with E-state index in [9.17, 15) is 9.59 Å². The van der Waals surface area contributed by atoms with Gasteiger partial charge in [0.2, 0.25) is 0 Å². The van der Waals surface area contributed by atoms with Crippen molar-refractivity contribution in [1.29, 1.82) is 0 Å². The first-order valence-electron chi connectivity index (χ1n) is 3.74. The average molecular weight is 183 g/mol. The Morgan fingerprint density at radius 2 is 2.31 bits per heavy atom. The van der Waals surface area contributed by atoms with Gasteiger partial charge in [-0.3, -0.25) is 0 Å². The van der Waals surface area contributed by atoms with E-state index >= 15 is 0 Å². The van der Waals surface area contributed by atoms with E-state index in [1.165, 1.54) is 12.3 Å². The molecule has 0 unspecified atom stereocenters. The molecule has 0 aliphatic carbocycles. The number of carboxylic acid groups (broad SMARTS) is 1. The van der Waals surface area contributed by atoms with Crippen LogP contribution in [0, 0.1) is 0 Å². The number of aromatic nitrogens is 1. The van der Waals surface area contributed by atoms with Crippen LogP contribution < -0.4 is 0 Å². The van der Waals surface area contributed by atoms with Crippen LogP contribution in [0.4, 0.5) is 0 Å². The van der Waals surface area contributed by atoms with Crippen LogP contribution in [0.15, 0.2) is 12.3 Å². The van der Waals surface area contributed by atoms with Crippen molar-refractivity contribution in [3.63, 3.8) is 0 Å². The zero-order valence-electron chi connectivity index (χ0n) is 7.03. The summed E-state index contributed by atoms with van der Waals surface area (Å²) in [6, 6.07) is 1.24. The van der Waals surface area contributed by atoms with E-state index in [0.29, 0.717) is 0 Å². The molecule has 0 bridgehead atoms. The molecule has 1 aromatic rings. The second-order valence-electron chi connectivity index (χ2n) is 2.33. The molecule has 13 heavy (non-hydrogen) atoms. The number of carbonyl (C=O) groups is 2. The van der Waals surface area contributed by atoms with Gasteiger partial charge in [-0.15, -0.1) is 0 Å². The summed E-state index contributed by atoms with van der Waals surface area (Å²) in [6.07, 6.45) is 1.31. The molecule has 70 valence electrons. The van der Waals surface area contributed by atoms with E-state index < -0.39 is 11.9 Å². The predicted octanol–water partition coefficient (Wildman–Crippen LogP) is 0.890. The second kappa shape index (κ2) is 3.75. The monoisotopic (exact) mass is 183 g/mol. The minimum atomic E-state index is -1.10. The number of esters is 1. The lowest BCUT2D eigenvalue weighted by Gasteiger charge is -1.96. The third-order valence-corrected chi connectivity index (χ3v) is 1.42. The number of nitrogens with one attached hydrogen (secondary N) is 1. The molecule has 0 aromatic carbocycles. The molecule has 0 radical (unpaired) electrons. The molecule has 5 nitrogen and oxygen atoms in total. The van der Waals surface area contributed by atoms with Gasteiger partial charge in [-0.2, -0.15) is 0 Å².